The second kappa shape index (κ2) is 8.14. The minimum atomic E-state index is -3.84. The molecule has 2 aromatic carbocycles. The van der Waals surface area contributed by atoms with Gasteiger partial charge in [-0.05, 0) is 48.6 Å². The second-order valence-corrected chi connectivity index (χ2v) is 11.4. The number of sulfone groups is 1. The maximum absolute atomic E-state index is 13.7. The molecule has 0 fully saturated rings. The number of benzene rings is 2. The van der Waals surface area contributed by atoms with E-state index in [1.807, 2.05) is 24.3 Å². The SMILES string of the molecule is [C-]#[N+]c1sc(S(=O)(=O)C2CCCCc3ccccc32)cc1-n1c(=O)[nH]c2ccccc2c1=O. The van der Waals surface area contributed by atoms with Gasteiger partial charge in [0.2, 0.25) is 0 Å². The summed E-state index contributed by atoms with van der Waals surface area (Å²) in [6.45, 7) is 7.57. The van der Waals surface area contributed by atoms with Crippen LogP contribution < -0.4 is 11.2 Å². The van der Waals surface area contributed by atoms with Crippen LogP contribution in [0.5, 0.6) is 0 Å². The van der Waals surface area contributed by atoms with Gasteiger partial charge in [-0.2, -0.15) is 0 Å². The highest BCUT2D eigenvalue weighted by Crippen LogP contribution is 2.43. The molecule has 1 aliphatic rings. The maximum Gasteiger partial charge on any atom is 0.332 e. The number of aromatic nitrogens is 2. The van der Waals surface area contributed by atoms with Crippen LogP contribution in [-0.4, -0.2) is 18.0 Å². The van der Waals surface area contributed by atoms with E-state index in [1.165, 1.54) is 6.07 Å². The van der Waals surface area contributed by atoms with Crippen molar-refractivity contribution >= 4 is 37.1 Å². The molecule has 9 heteroatoms. The monoisotopic (exact) mass is 477 g/mol. The Kier molecular flexibility index (Phi) is 5.27. The molecule has 1 N–H and O–H groups in total. The fourth-order valence-corrected chi connectivity index (χ4v) is 7.76. The van der Waals surface area contributed by atoms with E-state index in [9.17, 15) is 18.0 Å². The summed E-state index contributed by atoms with van der Waals surface area (Å²) in [6, 6.07) is 15.4. The number of hydrogen-bond donors (Lipinski definition) is 1. The molecule has 0 bridgehead atoms. The van der Waals surface area contributed by atoms with Gasteiger partial charge < -0.3 is 4.98 Å². The summed E-state index contributed by atoms with van der Waals surface area (Å²) >= 11 is 0.805. The molecule has 0 aliphatic heterocycles. The van der Waals surface area contributed by atoms with Crippen LogP contribution in [0.15, 0.2) is 68.4 Å². The number of aryl methyl sites for hydroxylation is 1. The van der Waals surface area contributed by atoms with Crippen molar-refractivity contribution in [2.45, 2.75) is 35.1 Å². The van der Waals surface area contributed by atoms with Gasteiger partial charge >= 0.3 is 5.69 Å². The zero-order chi connectivity index (χ0) is 23.2. The van der Waals surface area contributed by atoms with Crippen molar-refractivity contribution in [3.8, 4) is 5.69 Å². The minimum Gasteiger partial charge on any atom is -0.306 e. The molecule has 0 saturated carbocycles. The Morgan fingerprint density at radius 3 is 2.64 bits per heavy atom. The van der Waals surface area contributed by atoms with E-state index in [4.69, 9.17) is 6.57 Å². The Hall–Kier alpha value is -3.48. The lowest BCUT2D eigenvalue weighted by Crippen LogP contribution is -2.33. The first-order chi connectivity index (χ1) is 15.9. The summed E-state index contributed by atoms with van der Waals surface area (Å²) in [7, 11) is -3.84. The van der Waals surface area contributed by atoms with Crippen molar-refractivity contribution in [3.05, 3.63) is 98.0 Å². The number of para-hydroxylation sites is 1. The normalized spacial score (nSPS) is 16.2. The molecule has 4 aromatic rings. The van der Waals surface area contributed by atoms with Crippen LogP contribution in [-0.2, 0) is 16.3 Å². The molecule has 1 unspecified atom stereocenters. The number of fused-ring (bicyclic) bond motifs is 2. The quantitative estimate of drug-likeness (QED) is 0.346. The van der Waals surface area contributed by atoms with Gasteiger partial charge in [0.1, 0.15) is 4.21 Å². The number of thiophene rings is 1. The van der Waals surface area contributed by atoms with Crippen LogP contribution in [0.2, 0.25) is 0 Å². The molecule has 33 heavy (non-hydrogen) atoms. The predicted octanol–water partition coefficient (Wildman–Crippen LogP) is 4.53. The zero-order valence-corrected chi connectivity index (χ0v) is 19.1. The Bertz CT molecular complexity index is 1660. The third-order valence-electron chi connectivity index (χ3n) is 6.04. The van der Waals surface area contributed by atoms with E-state index in [0.717, 1.165) is 46.3 Å². The largest absolute Gasteiger partial charge is 0.332 e. The topological polar surface area (TPSA) is 93.4 Å². The van der Waals surface area contributed by atoms with Crippen LogP contribution >= 0.6 is 11.3 Å². The molecule has 0 spiro atoms. The maximum atomic E-state index is 13.7. The van der Waals surface area contributed by atoms with E-state index in [-0.39, 0.29) is 20.3 Å². The predicted molar refractivity (Wildman–Crippen MR) is 128 cm³/mol. The second-order valence-electron chi connectivity index (χ2n) is 7.96. The van der Waals surface area contributed by atoms with E-state index >= 15 is 0 Å². The van der Waals surface area contributed by atoms with Crippen LogP contribution in [0, 0.1) is 6.57 Å². The molecule has 5 rings (SSSR count). The van der Waals surface area contributed by atoms with Crippen molar-refractivity contribution in [1.82, 2.24) is 9.55 Å². The van der Waals surface area contributed by atoms with E-state index < -0.39 is 26.3 Å². The van der Waals surface area contributed by atoms with Gasteiger partial charge in [-0.25, -0.2) is 22.6 Å². The summed E-state index contributed by atoms with van der Waals surface area (Å²) in [5.41, 5.74) is 0.868. The van der Waals surface area contributed by atoms with Gasteiger partial charge in [0.05, 0.1) is 28.4 Å². The molecule has 1 aliphatic carbocycles. The molecule has 0 amide bonds. The first-order valence-corrected chi connectivity index (χ1v) is 12.9. The standard InChI is InChI=1S/C24H19N3O4S2/c1-25-22-19(27-23(28)17-11-5-6-12-18(17)26-24(27)29)14-21(32-22)33(30,31)20-13-7-3-9-15-8-2-4-10-16(15)20/h2,4-6,8,10-12,14,20H,3,7,9,13H2,(H,26,29). The lowest BCUT2D eigenvalue weighted by atomic mass is 10.0. The molecule has 7 nitrogen and oxygen atoms in total. The summed E-state index contributed by atoms with van der Waals surface area (Å²) in [5.74, 6) is 0. The van der Waals surface area contributed by atoms with Crippen LogP contribution in [0.4, 0.5) is 5.00 Å². The minimum absolute atomic E-state index is 0.00696. The highest BCUT2D eigenvalue weighted by Gasteiger charge is 2.34. The fraction of sp³-hybridized carbons (Fsp3) is 0.208. The van der Waals surface area contributed by atoms with Crippen LogP contribution in [0.1, 0.15) is 35.6 Å². The summed E-state index contributed by atoms with van der Waals surface area (Å²) < 4.78 is 28.3. The van der Waals surface area contributed by atoms with E-state index in [1.54, 1.807) is 24.3 Å². The lowest BCUT2D eigenvalue weighted by molar-refractivity contribution is 0.573. The molecule has 166 valence electrons. The molecular weight excluding hydrogens is 458 g/mol. The van der Waals surface area contributed by atoms with Gasteiger partial charge in [0, 0.05) is 0 Å². The van der Waals surface area contributed by atoms with Crippen molar-refractivity contribution < 1.29 is 8.42 Å². The molecule has 2 heterocycles. The summed E-state index contributed by atoms with van der Waals surface area (Å²) in [6.07, 6.45) is 2.99. The Morgan fingerprint density at radius 1 is 1.06 bits per heavy atom. The molecule has 1 atom stereocenters. The lowest BCUT2D eigenvalue weighted by Gasteiger charge is -2.17. The fourth-order valence-electron chi connectivity index (χ4n) is 4.45. The first kappa shape index (κ1) is 21.4. The highest BCUT2D eigenvalue weighted by atomic mass is 32.2. The number of aromatic amines is 1. The van der Waals surface area contributed by atoms with Crippen molar-refractivity contribution in [2.24, 2.45) is 0 Å². The first-order valence-electron chi connectivity index (χ1n) is 10.5. The van der Waals surface area contributed by atoms with Crippen LogP contribution in [0.25, 0.3) is 21.4 Å². The third-order valence-corrected chi connectivity index (χ3v) is 9.72. The summed E-state index contributed by atoms with van der Waals surface area (Å²) in [5, 5.41) is -0.465. The van der Waals surface area contributed by atoms with Crippen molar-refractivity contribution in [2.75, 3.05) is 0 Å². The van der Waals surface area contributed by atoms with Crippen LogP contribution in [0.3, 0.4) is 0 Å². The average Bonchev–Trinajstić information content (AvgIpc) is 3.12. The zero-order valence-electron chi connectivity index (χ0n) is 17.4. The molecule has 0 radical (unpaired) electrons. The Morgan fingerprint density at radius 2 is 1.82 bits per heavy atom. The Balaban J connectivity index is 1.69. The molecule has 2 aromatic heterocycles. The average molecular weight is 478 g/mol. The Labute approximate surface area is 193 Å². The van der Waals surface area contributed by atoms with Crippen molar-refractivity contribution in [3.63, 3.8) is 0 Å². The number of H-pyrrole nitrogens is 1. The smallest absolute Gasteiger partial charge is 0.306 e. The highest BCUT2D eigenvalue weighted by molar-refractivity contribution is 7.93. The number of hydrogen-bond acceptors (Lipinski definition) is 5. The van der Waals surface area contributed by atoms with Gasteiger partial charge in [-0.15, -0.1) is 11.3 Å². The van der Waals surface area contributed by atoms with E-state index in [2.05, 4.69) is 9.83 Å². The number of rotatable bonds is 3. The third kappa shape index (κ3) is 3.52. The van der Waals surface area contributed by atoms with Gasteiger partial charge in [-0.1, -0.05) is 42.8 Å². The van der Waals surface area contributed by atoms with Gasteiger partial charge in [0.25, 0.3) is 10.6 Å². The molecule has 0 saturated heterocycles. The summed E-state index contributed by atoms with van der Waals surface area (Å²) in [4.78, 5) is 31.9. The van der Waals surface area contributed by atoms with Gasteiger partial charge in [-0.3, -0.25) is 4.79 Å². The van der Waals surface area contributed by atoms with Crippen molar-refractivity contribution in [1.29, 1.82) is 0 Å². The number of nitrogens with zero attached hydrogens (tertiary/aromatic N) is 2. The van der Waals surface area contributed by atoms with Gasteiger partial charge in [0.15, 0.2) is 9.84 Å². The number of nitrogens with one attached hydrogen (secondary N) is 1. The molecular formula is C24H19N3O4S2. The van der Waals surface area contributed by atoms with E-state index in [0.29, 0.717) is 11.9 Å².